The molecule has 3 heterocycles. The van der Waals surface area contributed by atoms with E-state index in [9.17, 15) is 0 Å². The van der Waals surface area contributed by atoms with Crippen LogP contribution in [-0.4, -0.2) is 39.3 Å². The van der Waals surface area contributed by atoms with Crippen LogP contribution in [0.15, 0.2) is 41.4 Å². The first-order valence-corrected chi connectivity index (χ1v) is 8.00. The number of nitrogens with zero attached hydrogens (tertiary/aromatic N) is 4. The molecular formula is C17H21N5O2. The Balaban J connectivity index is 1.84. The van der Waals surface area contributed by atoms with Crippen LogP contribution in [0.3, 0.4) is 0 Å². The molecule has 0 unspecified atom stereocenters. The predicted molar refractivity (Wildman–Crippen MR) is 91.5 cm³/mol. The van der Waals surface area contributed by atoms with Crippen LogP contribution in [0.1, 0.15) is 13.3 Å². The normalized spacial score (nSPS) is 10.9. The van der Waals surface area contributed by atoms with Gasteiger partial charge in [0.2, 0.25) is 5.95 Å². The zero-order valence-corrected chi connectivity index (χ0v) is 13.9. The third-order valence-electron chi connectivity index (χ3n) is 3.56. The number of rotatable bonds is 8. The lowest BCUT2D eigenvalue weighted by Crippen LogP contribution is -2.09. The van der Waals surface area contributed by atoms with Crippen LogP contribution >= 0.6 is 0 Å². The van der Waals surface area contributed by atoms with Gasteiger partial charge in [-0.1, -0.05) is 0 Å². The number of aryl methyl sites for hydroxylation is 1. The fraction of sp³-hybridized carbons (Fsp3) is 0.353. The van der Waals surface area contributed by atoms with E-state index in [1.54, 1.807) is 18.7 Å². The lowest BCUT2D eigenvalue weighted by Gasteiger charge is -2.10. The van der Waals surface area contributed by atoms with E-state index in [1.807, 2.05) is 36.9 Å². The molecule has 0 atom stereocenters. The molecule has 0 bridgehead atoms. The van der Waals surface area contributed by atoms with Crippen molar-refractivity contribution in [3.05, 3.63) is 37.0 Å². The van der Waals surface area contributed by atoms with E-state index in [1.165, 1.54) is 0 Å². The van der Waals surface area contributed by atoms with E-state index in [4.69, 9.17) is 9.15 Å². The molecule has 0 fully saturated rings. The SMILES string of the molecule is CCOCCCNc1ncc(-c2nccn2C)c(-c2ccco2)n1. The summed E-state index contributed by atoms with van der Waals surface area (Å²) in [5, 5.41) is 3.22. The van der Waals surface area contributed by atoms with Crippen molar-refractivity contribution in [3.8, 4) is 22.8 Å². The van der Waals surface area contributed by atoms with Crippen LogP contribution in [0.4, 0.5) is 5.95 Å². The molecule has 7 heteroatoms. The Morgan fingerprint density at radius 2 is 2.25 bits per heavy atom. The van der Waals surface area contributed by atoms with Gasteiger partial charge in [-0.2, -0.15) is 0 Å². The smallest absolute Gasteiger partial charge is 0.223 e. The Bertz CT molecular complexity index is 767. The van der Waals surface area contributed by atoms with Gasteiger partial charge in [-0.3, -0.25) is 0 Å². The first-order valence-electron chi connectivity index (χ1n) is 8.00. The standard InChI is InChI=1S/C17H21N5O2/c1-3-23-10-5-7-19-17-20-12-13(16-18-8-9-22(16)2)15(21-17)14-6-4-11-24-14/h4,6,8-9,11-12H,3,5,7,10H2,1-2H3,(H,19,20,21). The molecule has 0 saturated heterocycles. The van der Waals surface area contributed by atoms with Crippen molar-refractivity contribution in [2.45, 2.75) is 13.3 Å². The number of furan rings is 1. The van der Waals surface area contributed by atoms with Crippen LogP contribution < -0.4 is 5.32 Å². The number of aromatic nitrogens is 4. The molecule has 1 N–H and O–H groups in total. The van der Waals surface area contributed by atoms with Crippen molar-refractivity contribution in [1.29, 1.82) is 0 Å². The zero-order chi connectivity index (χ0) is 16.8. The molecule has 0 aliphatic carbocycles. The fourth-order valence-corrected chi connectivity index (χ4v) is 2.38. The minimum Gasteiger partial charge on any atom is -0.463 e. The average molecular weight is 327 g/mol. The molecule has 0 saturated carbocycles. The summed E-state index contributed by atoms with van der Waals surface area (Å²) in [4.78, 5) is 13.4. The Morgan fingerprint density at radius 1 is 1.33 bits per heavy atom. The molecule has 0 aromatic carbocycles. The van der Waals surface area contributed by atoms with Gasteiger partial charge in [-0.25, -0.2) is 15.0 Å². The minimum atomic E-state index is 0.566. The highest BCUT2D eigenvalue weighted by Crippen LogP contribution is 2.29. The molecule has 24 heavy (non-hydrogen) atoms. The van der Waals surface area contributed by atoms with Crippen LogP contribution in [-0.2, 0) is 11.8 Å². The van der Waals surface area contributed by atoms with Crippen molar-refractivity contribution in [1.82, 2.24) is 19.5 Å². The van der Waals surface area contributed by atoms with Gasteiger partial charge >= 0.3 is 0 Å². The van der Waals surface area contributed by atoms with E-state index >= 15 is 0 Å². The maximum Gasteiger partial charge on any atom is 0.223 e. The maximum atomic E-state index is 5.54. The summed E-state index contributed by atoms with van der Waals surface area (Å²) < 4.78 is 12.8. The summed E-state index contributed by atoms with van der Waals surface area (Å²) >= 11 is 0. The van der Waals surface area contributed by atoms with Crippen molar-refractivity contribution < 1.29 is 9.15 Å². The number of hydrogen-bond donors (Lipinski definition) is 1. The van der Waals surface area contributed by atoms with Gasteiger partial charge in [0.05, 0.1) is 11.8 Å². The quantitative estimate of drug-likeness (QED) is 0.641. The number of ether oxygens (including phenoxy) is 1. The molecule has 0 aliphatic heterocycles. The van der Waals surface area contributed by atoms with Gasteiger partial charge in [0.25, 0.3) is 0 Å². The lowest BCUT2D eigenvalue weighted by atomic mass is 10.2. The lowest BCUT2D eigenvalue weighted by molar-refractivity contribution is 0.147. The minimum absolute atomic E-state index is 0.566. The Hall–Kier alpha value is -2.67. The van der Waals surface area contributed by atoms with E-state index < -0.39 is 0 Å². The summed E-state index contributed by atoms with van der Waals surface area (Å²) in [6.07, 6.45) is 7.95. The summed E-state index contributed by atoms with van der Waals surface area (Å²) in [5.74, 6) is 2.05. The third-order valence-corrected chi connectivity index (χ3v) is 3.56. The van der Waals surface area contributed by atoms with E-state index in [2.05, 4.69) is 20.3 Å². The second-order valence-corrected chi connectivity index (χ2v) is 5.27. The summed E-state index contributed by atoms with van der Waals surface area (Å²) in [6, 6.07) is 3.72. The Kier molecular flexibility index (Phi) is 5.22. The molecule has 3 rings (SSSR count). The van der Waals surface area contributed by atoms with E-state index in [0.29, 0.717) is 11.7 Å². The number of imidazole rings is 1. The van der Waals surface area contributed by atoms with Gasteiger partial charge in [0, 0.05) is 45.4 Å². The van der Waals surface area contributed by atoms with Gasteiger partial charge < -0.3 is 19.0 Å². The van der Waals surface area contributed by atoms with Gasteiger partial charge in [0.1, 0.15) is 11.5 Å². The van der Waals surface area contributed by atoms with Crippen LogP contribution in [0.5, 0.6) is 0 Å². The van der Waals surface area contributed by atoms with Crippen molar-refractivity contribution in [3.63, 3.8) is 0 Å². The molecule has 126 valence electrons. The summed E-state index contributed by atoms with van der Waals surface area (Å²) in [6.45, 7) is 4.19. The van der Waals surface area contributed by atoms with Gasteiger partial charge in [0.15, 0.2) is 5.76 Å². The van der Waals surface area contributed by atoms with E-state index in [-0.39, 0.29) is 0 Å². The molecule has 0 radical (unpaired) electrons. The maximum absolute atomic E-state index is 5.54. The molecule has 3 aromatic heterocycles. The molecule has 7 nitrogen and oxygen atoms in total. The Morgan fingerprint density at radius 3 is 2.96 bits per heavy atom. The van der Waals surface area contributed by atoms with Crippen molar-refractivity contribution in [2.24, 2.45) is 7.05 Å². The van der Waals surface area contributed by atoms with E-state index in [0.717, 1.165) is 43.3 Å². The summed E-state index contributed by atoms with van der Waals surface area (Å²) in [5.41, 5.74) is 1.55. The van der Waals surface area contributed by atoms with Crippen molar-refractivity contribution in [2.75, 3.05) is 25.1 Å². The monoisotopic (exact) mass is 327 g/mol. The van der Waals surface area contributed by atoms with Crippen LogP contribution in [0, 0.1) is 0 Å². The number of anilines is 1. The second kappa shape index (κ2) is 7.74. The van der Waals surface area contributed by atoms with Crippen LogP contribution in [0.25, 0.3) is 22.8 Å². The van der Waals surface area contributed by atoms with Gasteiger partial charge in [-0.15, -0.1) is 0 Å². The topological polar surface area (TPSA) is 78.0 Å². The van der Waals surface area contributed by atoms with Crippen molar-refractivity contribution >= 4 is 5.95 Å². The zero-order valence-electron chi connectivity index (χ0n) is 13.9. The van der Waals surface area contributed by atoms with Crippen LogP contribution in [0.2, 0.25) is 0 Å². The van der Waals surface area contributed by atoms with Gasteiger partial charge in [-0.05, 0) is 25.5 Å². The predicted octanol–water partition coefficient (Wildman–Crippen LogP) is 2.98. The molecular weight excluding hydrogens is 306 g/mol. The second-order valence-electron chi connectivity index (χ2n) is 5.27. The summed E-state index contributed by atoms with van der Waals surface area (Å²) in [7, 11) is 1.94. The number of nitrogens with one attached hydrogen (secondary N) is 1. The third kappa shape index (κ3) is 3.62. The molecule has 0 spiro atoms. The first kappa shape index (κ1) is 16.2. The molecule has 0 aliphatic rings. The largest absolute Gasteiger partial charge is 0.463 e. The highest BCUT2D eigenvalue weighted by Gasteiger charge is 2.16. The Labute approximate surface area is 140 Å². The first-order chi connectivity index (χ1) is 11.8. The molecule has 0 amide bonds. The highest BCUT2D eigenvalue weighted by atomic mass is 16.5. The molecule has 3 aromatic rings. The number of hydrogen-bond acceptors (Lipinski definition) is 6. The fourth-order valence-electron chi connectivity index (χ4n) is 2.38. The average Bonchev–Trinajstić information content (AvgIpc) is 3.26. The highest BCUT2D eigenvalue weighted by molar-refractivity contribution is 5.75.